The lowest BCUT2D eigenvalue weighted by Crippen LogP contribution is -2.12. The molecule has 68 valence electrons. The highest BCUT2D eigenvalue weighted by Gasteiger charge is 2.33. The van der Waals surface area contributed by atoms with Gasteiger partial charge in [-0.25, -0.2) is 0 Å². The predicted molar refractivity (Wildman–Crippen MR) is 58.6 cm³/mol. The van der Waals surface area contributed by atoms with Gasteiger partial charge in [0.1, 0.15) is 0 Å². The van der Waals surface area contributed by atoms with Crippen molar-refractivity contribution >= 4 is 11.8 Å². The second-order valence-electron chi connectivity index (χ2n) is 4.03. The minimum Gasteiger partial charge on any atom is -0.122 e. The molecule has 0 aromatic carbocycles. The summed E-state index contributed by atoms with van der Waals surface area (Å²) in [5.41, 5.74) is 1.77. The molecule has 0 aromatic rings. The summed E-state index contributed by atoms with van der Waals surface area (Å²) in [5, 5.41) is 0.744. The summed E-state index contributed by atoms with van der Waals surface area (Å²) in [6.45, 7) is 0. The number of fused-ring (bicyclic) bond motifs is 2. The molecular formula is C12H14S. The van der Waals surface area contributed by atoms with E-state index in [4.69, 9.17) is 0 Å². The first-order valence-corrected chi connectivity index (χ1v) is 6.07. The second kappa shape index (κ2) is 3.06. The zero-order chi connectivity index (χ0) is 8.67. The van der Waals surface area contributed by atoms with Gasteiger partial charge in [0.05, 0.1) is 0 Å². The molecular weight excluding hydrogens is 176 g/mol. The molecule has 2 unspecified atom stereocenters. The molecule has 3 rings (SSSR count). The van der Waals surface area contributed by atoms with Crippen molar-refractivity contribution in [1.29, 1.82) is 0 Å². The highest BCUT2D eigenvalue weighted by molar-refractivity contribution is 8.04. The average Bonchev–Trinajstić information content (AvgIpc) is 2.56. The highest BCUT2D eigenvalue weighted by Crippen LogP contribution is 2.50. The Morgan fingerprint density at radius 1 is 1.08 bits per heavy atom. The molecule has 0 saturated heterocycles. The van der Waals surface area contributed by atoms with Gasteiger partial charge in [0.15, 0.2) is 0 Å². The Morgan fingerprint density at radius 3 is 2.92 bits per heavy atom. The Bertz CT molecular complexity index is 309. The first-order chi connectivity index (χ1) is 6.45. The van der Waals surface area contributed by atoms with Gasteiger partial charge in [-0.1, -0.05) is 29.9 Å². The predicted octanol–water partition coefficient (Wildman–Crippen LogP) is 3.67. The van der Waals surface area contributed by atoms with Gasteiger partial charge >= 0.3 is 0 Å². The molecule has 0 N–H and O–H groups in total. The smallest absolute Gasteiger partial charge is 0.0374 e. The zero-order valence-corrected chi connectivity index (χ0v) is 8.52. The third-order valence-corrected chi connectivity index (χ3v) is 4.70. The van der Waals surface area contributed by atoms with Crippen molar-refractivity contribution in [3.8, 4) is 0 Å². The van der Waals surface area contributed by atoms with Crippen molar-refractivity contribution in [3.63, 3.8) is 0 Å². The number of allylic oxidation sites excluding steroid dienone is 5. The van der Waals surface area contributed by atoms with E-state index in [1.54, 1.807) is 10.5 Å². The van der Waals surface area contributed by atoms with Crippen LogP contribution in [-0.2, 0) is 0 Å². The maximum absolute atomic E-state index is 2.39. The van der Waals surface area contributed by atoms with Crippen LogP contribution in [-0.4, -0.2) is 5.25 Å². The van der Waals surface area contributed by atoms with Crippen LogP contribution in [0.5, 0.6) is 0 Å². The first-order valence-electron chi connectivity index (χ1n) is 5.19. The molecule has 1 heterocycles. The van der Waals surface area contributed by atoms with Crippen molar-refractivity contribution in [2.45, 2.75) is 30.9 Å². The maximum Gasteiger partial charge on any atom is 0.0374 e. The zero-order valence-electron chi connectivity index (χ0n) is 7.70. The molecule has 1 heteroatoms. The van der Waals surface area contributed by atoms with E-state index in [1.165, 1.54) is 25.7 Å². The Balaban J connectivity index is 1.95. The summed E-state index contributed by atoms with van der Waals surface area (Å²) in [5.74, 6) is 0.755. The molecule has 0 amide bonds. The normalized spacial score (nSPS) is 36.3. The molecule has 0 spiro atoms. The SMILES string of the molecule is C1=CC2SC3=C(CCCC3)C2C=C1. The minimum absolute atomic E-state index is 0.744. The Kier molecular flexibility index (Phi) is 1.86. The summed E-state index contributed by atoms with van der Waals surface area (Å²) in [6, 6.07) is 0. The fourth-order valence-electron chi connectivity index (χ4n) is 2.57. The van der Waals surface area contributed by atoms with E-state index in [0.29, 0.717) is 0 Å². The molecule has 0 saturated carbocycles. The molecule has 2 aliphatic carbocycles. The van der Waals surface area contributed by atoms with E-state index in [-0.39, 0.29) is 0 Å². The second-order valence-corrected chi connectivity index (χ2v) is 5.31. The van der Waals surface area contributed by atoms with Gasteiger partial charge in [-0.2, -0.15) is 0 Å². The standard InChI is InChI=1S/C12H14S/c1-3-7-11-9(5-1)10-6-2-4-8-12(10)13-11/h1,3,5,7,9,11H,2,4,6,8H2. The fraction of sp³-hybridized carbons (Fsp3) is 0.500. The van der Waals surface area contributed by atoms with E-state index < -0.39 is 0 Å². The first kappa shape index (κ1) is 7.93. The van der Waals surface area contributed by atoms with Crippen LogP contribution in [0.2, 0.25) is 0 Å². The lowest BCUT2D eigenvalue weighted by atomic mass is 9.85. The Labute approximate surface area is 83.8 Å². The topological polar surface area (TPSA) is 0 Å². The minimum atomic E-state index is 0.744. The lowest BCUT2D eigenvalue weighted by molar-refractivity contribution is 0.638. The van der Waals surface area contributed by atoms with Crippen LogP contribution in [0.3, 0.4) is 0 Å². The summed E-state index contributed by atoms with van der Waals surface area (Å²) >= 11 is 2.12. The van der Waals surface area contributed by atoms with Crippen LogP contribution in [0.15, 0.2) is 34.8 Å². The molecule has 0 radical (unpaired) electrons. The van der Waals surface area contributed by atoms with Crippen LogP contribution < -0.4 is 0 Å². The van der Waals surface area contributed by atoms with E-state index in [1.807, 2.05) is 0 Å². The lowest BCUT2D eigenvalue weighted by Gasteiger charge is -2.19. The van der Waals surface area contributed by atoms with Gasteiger partial charge < -0.3 is 0 Å². The van der Waals surface area contributed by atoms with E-state index in [0.717, 1.165) is 11.2 Å². The third-order valence-electron chi connectivity index (χ3n) is 3.22. The van der Waals surface area contributed by atoms with Crippen molar-refractivity contribution in [2.24, 2.45) is 5.92 Å². The quantitative estimate of drug-likeness (QED) is 0.561. The van der Waals surface area contributed by atoms with Gasteiger partial charge in [-0.15, -0.1) is 11.8 Å². The number of hydrogen-bond acceptors (Lipinski definition) is 1. The van der Waals surface area contributed by atoms with Gasteiger partial charge in [-0.05, 0) is 30.6 Å². The fourth-order valence-corrected chi connectivity index (χ4v) is 4.12. The van der Waals surface area contributed by atoms with Crippen molar-refractivity contribution < 1.29 is 0 Å². The highest BCUT2D eigenvalue weighted by atomic mass is 32.2. The van der Waals surface area contributed by atoms with E-state index >= 15 is 0 Å². The monoisotopic (exact) mass is 190 g/mol. The largest absolute Gasteiger partial charge is 0.122 e. The van der Waals surface area contributed by atoms with Gasteiger partial charge in [0.25, 0.3) is 0 Å². The van der Waals surface area contributed by atoms with E-state index in [2.05, 4.69) is 36.1 Å². The Hall–Kier alpha value is -0.430. The van der Waals surface area contributed by atoms with Crippen molar-refractivity contribution in [2.75, 3.05) is 0 Å². The molecule has 2 atom stereocenters. The van der Waals surface area contributed by atoms with Gasteiger partial charge in [-0.3, -0.25) is 0 Å². The average molecular weight is 190 g/mol. The van der Waals surface area contributed by atoms with Gasteiger partial charge in [0, 0.05) is 11.2 Å². The van der Waals surface area contributed by atoms with Crippen LogP contribution in [0.1, 0.15) is 25.7 Å². The molecule has 3 aliphatic rings. The summed E-state index contributed by atoms with van der Waals surface area (Å²) in [7, 11) is 0. The van der Waals surface area contributed by atoms with Gasteiger partial charge in [0.2, 0.25) is 0 Å². The number of thioether (sulfide) groups is 1. The van der Waals surface area contributed by atoms with Crippen molar-refractivity contribution in [1.82, 2.24) is 0 Å². The number of rotatable bonds is 0. The van der Waals surface area contributed by atoms with E-state index in [9.17, 15) is 0 Å². The van der Waals surface area contributed by atoms with Crippen molar-refractivity contribution in [3.05, 3.63) is 34.8 Å². The Morgan fingerprint density at radius 2 is 1.92 bits per heavy atom. The molecule has 0 bridgehead atoms. The number of hydrogen-bond donors (Lipinski definition) is 0. The third kappa shape index (κ3) is 1.21. The van der Waals surface area contributed by atoms with Crippen LogP contribution in [0.25, 0.3) is 0 Å². The molecule has 0 fully saturated rings. The summed E-state index contributed by atoms with van der Waals surface area (Å²) < 4.78 is 0. The molecule has 0 nitrogen and oxygen atoms in total. The summed E-state index contributed by atoms with van der Waals surface area (Å²) in [6.07, 6.45) is 14.7. The maximum atomic E-state index is 2.39. The van der Waals surface area contributed by atoms with Crippen LogP contribution in [0.4, 0.5) is 0 Å². The van der Waals surface area contributed by atoms with Crippen LogP contribution in [0, 0.1) is 5.92 Å². The van der Waals surface area contributed by atoms with Crippen LogP contribution >= 0.6 is 11.8 Å². The molecule has 13 heavy (non-hydrogen) atoms. The molecule has 0 aromatic heterocycles. The summed E-state index contributed by atoms with van der Waals surface area (Å²) in [4.78, 5) is 1.72. The molecule has 1 aliphatic heterocycles.